The quantitative estimate of drug-likeness (QED) is 0.497. The van der Waals surface area contributed by atoms with Crippen molar-refractivity contribution in [1.82, 2.24) is 4.98 Å². The molecule has 2 nitrogen and oxygen atoms in total. The molecule has 0 aliphatic carbocycles. The Morgan fingerprint density at radius 3 is 2.69 bits per heavy atom. The molecule has 0 unspecified atom stereocenters. The molecule has 1 aromatic heterocycles. The van der Waals surface area contributed by atoms with E-state index in [-0.39, 0.29) is 15.0 Å². The molecular weight excluding hydrogens is 359 g/mol. The maximum absolute atomic E-state index is 12.3. The fourth-order valence-corrected chi connectivity index (χ4v) is 1.88. The molecule has 0 spiro atoms. The predicted octanol–water partition coefficient (Wildman–Crippen LogP) is 3.22. The van der Waals surface area contributed by atoms with Gasteiger partial charge in [-0.25, -0.2) is 13.8 Å². The van der Waals surface area contributed by atoms with Gasteiger partial charge in [-0.3, -0.25) is 0 Å². The first-order valence-corrected chi connectivity index (χ1v) is 5.48. The van der Waals surface area contributed by atoms with Gasteiger partial charge in [-0.1, -0.05) is 15.9 Å². The predicted molar refractivity (Wildman–Crippen MR) is 56.2 cm³/mol. The van der Waals surface area contributed by atoms with Crippen LogP contribution in [0.1, 0.15) is 17.7 Å². The molecule has 0 radical (unpaired) electrons. The van der Waals surface area contributed by atoms with Crippen LogP contribution in [0.15, 0.2) is 6.07 Å². The summed E-state index contributed by atoms with van der Waals surface area (Å²) < 4.78 is 24.8. The van der Waals surface area contributed by atoms with Crippen LogP contribution in [0.5, 0.6) is 5.75 Å². The van der Waals surface area contributed by atoms with E-state index >= 15 is 0 Å². The lowest BCUT2D eigenvalue weighted by Gasteiger charge is -2.06. The van der Waals surface area contributed by atoms with Crippen LogP contribution in [-0.4, -0.2) is 10.1 Å². The highest BCUT2D eigenvalue weighted by atomic mass is 127. The SMILES string of the molecule is Oc1cc(C(F)F)c(I)nc1CBr. The highest BCUT2D eigenvalue weighted by Crippen LogP contribution is 2.29. The molecular formula is C7H5BrF2INO. The number of aromatic nitrogens is 1. The van der Waals surface area contributed by atoms with E-state index in [1.54, 1.807) is 22.6 Å². The van der Waals surface area contributed by atoms with E-state index in [2.05, 4.69) is 20.9 Å². The third-order valence-corrected chi connectivity index (χ3v) is 2.82. The molecule has 0 saturated carbocycles. The normalized spacial score (nSPS) is 10.8. The number of pyridine rings is 1. The number of rotatable bonds is 2. The van der Waals surface area contributed by atoms with Gasteiger partial charge < -0.3 is 5.11 Å². The van der Waals surface area contributed by atoms with Gasteiger partial charge in [-0.05, 0) is 28.7 Å². The summed E-state index contributed by atoms with van der Waals surface area (Å²) in [5, 5.41) is 9.58. The second kappa shape index (κ2) is 4.50. The van der Waals surface area contributed by atoms with E-state index in [1.807, 2.05) is 0 Å². The smallest absolute Gasteiger partial charge is 0.266 e. The van der Waals surface area contributed by atoms with Crippen molar-refractivity contribution in [1.29, 1.82) is 0 Å². The van der Waals surface area contributed by atoms with Crippen molar-refractivity contribution in [3.8, 4) is 5.75 Å². The van der Waals surface area contributed by atoms with Crippen molar-refractivity contribution >= 4 is 38.5 Å². The second-order valence-corrected chi connectivity index (χ2v) is 3.85. The lowest BCUT2D eigenvalue weighted by Crippen LogP contribution is -1.97. The molecule has 0 aliphatic rings. The molecule has 72 valence electrons. The molecule has 0 aromatic carbocycles. The molecule has 0 bridgehead atoms. The summed E-state index contributed by atoms with van der Waals surface area (Å²) in [7, 11) is 0. The highest BCUT2D eigenvalue weighted by Gasteiger charge is 2.15. The van der Waals surface area contributed by atoms with Crippen LogP contribution in [0, 0.1) is 3.70 Å². The third-order valence-electron chi connectivity index (χ3n) is 1.42. The number of hydrogen-bond donors (Lipinski definition) is 1. The number of aromatic hydroxyl groups is 1. The van der Waals surface area contributed by atoms with Gasteiger partial charge in [0, 0.05) is 5.33 Å². The maximum atomic E-state index is 12.3. The van der Waals surface area contributed by atoms with E-state index in [0.29, 0.717) is 11.0 Å². The Morgan fingerprint density at radius 2 is 2.23 bits per heavy atom. The molecule has 0 amide bonds. The van der Waals surface area contributed by atoms with Crippen LogP contribution in [0.25, 0.3) is 0 Å². The molecule has 1 heterocycles. The molecule has 13 heavy (non-hydrogen) atoms. The third kappa shape index (κ3) is 2.49. The summed E-state index contributed by atoms with van der Waals surface area (Å²) in [5.74, 6) is -0.201. The van der Waals surface area contributed by atoms with Gasteiger partial charge in [-0.15, -0.1) is 0 Å². The van der Waals surface area contributed by atoms with Crippen LogP contribution < -0.4 is 0 Å². The lowest BCUT2D eigenvalue weighted by molar-refractivity contribution is 0.149. The van der Waals surface area contributed by atoms with Gasteiger partial charge in [0.1, 0.15) is 9.45 Å². The standard InChI is InChI=1S/C7H5BrF2INO/c8-2-4-5(13)1-3(6(9)10)7(11)12-4/h1,6,13H,2H2. The first-order chi connectivity index (χ1) is 6.06. The van der Waals surface area contributed by atoms with E-state index in [9.17, 15) is 13.9 Å². The van der Waals surface area contributed by atoms with Crippen molar-refractivity contribution in [3.05, 3.63) is 21.0 Å². The Hall–Kier alpha value is 0.0200. The summed E-state index contributed by atoms with van der Waals surface area (Å²) >= 11 is 4.81. The zero-order valence-electron chi connectivity index (χ0n) is 6.27. The van der Waals surface area contributed by atoms with Gasteiger partial charge in [0.2, 0.25) is 0 Å². The summed E-state index contributed by atoms with van der Waals surface area (Å²) in [6.07, 6.45) is -2.60. The molecule has 1 aromatic rings. The van der Waals surface area contributed by atoms with Gasteiger partial charge in [0.25, 0.3) is 6.43 Å². The molecule has 1 N–H and O–H groups in total. The molecule has 0 fully saturated rings. The minimum absolute atomic E-state index is 0.201. The first kappa shape index (κ1) is 11.1. The Kier molecular flexibility index (Phi) is 3.84. The number of alkyl halides is 3. The first-order valence-electron chi connectivity index (χ1n) is 3.28. The maximum Gasteiger partial charge on any atom is 0.266 e. The Labute approximate surface area is 95.6 Å². The van der Waals surface area contributed by atoms with Gasteiger partial charge >= 0.3 is 0 Å². The number of hydrogen-bond acceptors (Lipinski definition) is 2. The molecule has 0 saturated heterocycles. The Bertz CT molecular complexity index is 322. The minimum atomic E-state index is -2.60. The number of nitrogens with zero attached hydrogens (tertiary/aromatic N) is 1. The molecule has 1 rings (SSSR count). The zero-order valence-corrected chi connectivity index (χ0v) is 10.0. The fourth-order valence-electron chi connectivity index (χ4n) is 0.782. The summed E-state index contributed by atoms with van der Waals surface area (Å²) in [6.45, 7) is 0. The average Bonchev–Trinajstić information content (AvgIpc) is 2.07. The summed E-state index contributed by atoms with van der Waals surface area (Å²) in [6, 6.07) is 1.05. The molecule has 6 heteroatoms. The van der Waals surface area contributed by atoms with Crippen molar-refractivity contribution in [2.75, 3.05) is 0 Å². The van der Waals surface area contributed by atoms with E-state index < -0.39 is 6.43 Å². The van der Waals surface area contributed by atoms with Crippen LogP contribution >= 0.6 is 38.5 Å². The van der Waals surface area contributed by atoms with Gasteiger partial charge in [-0.2, -0.15) is 0 Å². The van der Waals surface area contributed by atoms with Crippen molar-refractivity contribution < 1.29 is 13.9 Å². The monoisotopic (exact) mass is 363 g/mol. The van der Waals surface area contributed by atoms with Gasteiger partial charge in [0.15, 0.2) is 0 Å². The van der Waals surface area contributed by atoms with Crippen molar-refractivity contribution in [2.24, 2.45) is 0 Å². The highest BCUT2D eigenvalue weighted by molar-refractivity contribution is 14.1. The zero-order chi connectivity index (χ0) is 10.0. The Morgan fingerprint density at radius 1 is 1.62 bits per heavy atom. The molecule has 0 atom stereocenters. The average molecular weight is 364 g/mol. The van der Waals surface area contributed by atoms with E-state index in [0.717, 1.165) is 6.07 Å². The van der Waals surface area contributed by atoms with E-state index in [1.165, 1.54) is 0 Å². The topological polar surface area (TPSA) is 33.1 Å². The molecule has 0 aliphatic heterocycles. The second-order valence-electron chi connectivity index (χ2n) is 2.27. The van der Waals surface area contributed by atoms with Crippen LogP contribution in [0.3, 0.4) is 0 Å². The number of halogens is 4. The Balaban J connectivity index is 3.20. The van der Waals surface area contributed by atoms with Crippen LogP contribution in [0.4, 0.5) is 8.78 Å². The largest absolute Gasteiger partial charge is 0.506 e. The summed E-state index contributed by atoms with van der Waals surface area (Å²) in [5.41, 5.74) is 0.136. The van der Waals surface area contributed by atoms with Crippen molar-refractivity contribution in [2.45, 2.75) is 11.8 Å². The minimum Gasteiger partial charge on any atom is -0.506 e. The summed E-state index contributed by atoms with van der Waals surface area (Å²) in [4.78, 5) is 3.82. The lowest BCUT2D eigenvalue weighted by atomic mass is 10.2. The van der Waals surface area contributed by atoms with Gasteiger partial charge in [0.05, 0.1) is 11.3 Å². The van der Waals surface area contributed by atoms with Crippen molar-refractivity contribution in [3.63, 3.8) is 0 Å². The van der Waals surface area contributed by atoms with E-state index in [4.69, 9.17) is 0 Å². The van der Waals surface area contributed by atoms with Crippen LogP contribution in [-0.2, 0) is 5.33 Å². The fraction of sp³-hybridized carbons (Fsp3) is 0.286. The van der Waals surface area contributed by atoms with Crippen LogP contribution in [0.2, 0.25) is 0 Å².